The number of anilines is 1. The Bertz CT molecular complexity index is 638. The first kappa shape index (κ1) is 13.9. The van der Waals surface area contributed by atoms with E-state index in [4.69, 9.17) is 0 Å². The molecule has 1 N–H and O–H groups in total. The van der Waals surface area contributed by atoms with E-state index < -0.39 is 0 Å². The van der Waals surface area contributed by atoms with Crippen molar-refractivity contribution < 1.29 is 0 Å². The van der Waals surface area contributed by atoms with Crippen LogP contribution in [0.4, 0.5) is 5.69 Å². The fourth-order valence-electron chi connectivity index (χ4n) is 2.36. The SMILES string of the molecule is Brc1ccc(NC(c2ccccc2)c2ccccc2)cc1. The minimum atomic E-state index is 0.147. The van der Waals surface area contributed by atoms with Crippen LogP contribution in [0.5, 0.6) is 0 Å². The van der Waals surface area contributed by atoms with Gasteiger partial charge in [0.1, 0.15) is 0 Å². The Morgan fingerprint density at radius 1 is 0.619 bits per heavy atom. The summed E-state index contributed by atoms with van der Waals surface area (Å²) >= 11 is 3.47. The van der Waals surface area contributed by atoms with Gasteiger partial charge in [-0.05, 0) is 35.4 Å². The van der Waals surface area contributed by atoms with Crippen LogP contribution < -0.4 is 5.32 Å². The van der Waals surface area contributed by atoms with Crippen molar-refractivity contribution >= 4 is 21.6 Å². The lowest BCUT2D eigenvalue weighted by atomic mass is 9.98. The minimum absolute atomic E-state index is 0.147. The molecule has 0 heterocycles. The third kappa shape index (κ3) is 3.53. The van der Waals surface area contributed by atoms with E-state index in [-0.39, 0.29) is 6.04 Å². The van der Waals surface area contributed by atoms with Crippen LogP contribution in [0.15, 0.2) is 89.4 Å². The summed E-state index contributed by atoms with van der Waals surface area (Å²) in [5.74, 6) is 0. The van der Waals surface area contributed by atoms with E-state index >= 15 is 0 Å². The lowest BCUT2D eigenvalue weighted by Crippen LogP contribution is -2.12. The predicted molar refractivity (Wildman–Crippen MR) is 92.5 cm³/mol. The first-order valence-electron chi connectivity index (χ1n) is 6.95. The molecule has 0 spiro atoms. The molecule has 0 aliphatic carbocycles. The highest BCUT2D eigenvalue weighted by Crippen LogP contribution is 2.27. The maximum atomic E-state index is 3.62. The van der Waals surface area contributed by atoms with Gasteiger partial charge in [-0.1, -0.05) is 76.6 Å². The maximum Gasteiger partial charge on any atom is 0.0767 e. The molecule has 0 aliphatic rings. The Balaban J connectivity index is 1.95. The van der Waals surface area contributed by atoms with Gasteiger partial charge in [0.05, 0.1) is 6.04 Å². The van der Waals surface area contributed by atoms with Crippen LogP contribution in [0.1, 0.15) is 17.2 Å². The van der Waals surface area contributed by atoms with E-state index in [1.165, 1.54) is 11.1 Å². The molecule has 0 radical (unpaired) electrons. The van der Waals surface area contributed by atoms with Gasteiger partial charge < -0.3 is 5.32 Å². The van der Waals surface area contributed by atoms with Gasteiger partial charge in [0.2, 0.25) is 0 Å². The average Bonchev–Trinajstić information content (AvgIpc) is 2.56. The number of nitrogens with one attached hydrogen (secondary N) is 1. The first-order chi connectivity index (χ1) is 10.3. The van der Waals surface area contributed by atoms with Crippen molar-refractivity contribution in [2.45, 2.75) is 6.04 Å². The summed E-state index contributed by atoms with van der Waals surface area (Å²) in [6.07, 6.45) is 0. The molecule has 0 amide bonds. The molecule has 0 atom stereocenters. The molecule has 1 nitrogen and oxygen atoms in total. The second-order valence-electron chi connectivity index (χ2n) is 4.91. The number of halogens is 1. The highest BCUT2D eigenvalue weighted by atomic mass is 79.9. The summed E-state index contributed by atoms with van der Waals surface area (Å²) in [5, 5.41) is 3.62. The van der Waals surface area contributed by atoms with Gasteiger partial charge >= 0.3 is 0 Å². The summed E-state index contributed by atoms with van der Waals surface area (Å²) in [7, 11) is 0. The van der Waals surface area contributed by atoms with E-state index in [2.05, 4.69) is 94.0 Å². The second kappa shape index (κ2) is 6.59. The summed E-state index contributed by atoms with van der Waals surface area (Å²) in [6.45, 7) is 0. The second-order valence-corrected chi connectivity index (χ2v) is 5.82. The van der Waals surface area contributed by atoms with Crippen LogP contribution in [0.3, 0.4) is 0 Å². The van der Waals surface area contributed by atoms with Crippen LogP contribution in [0.25, 0.3) is 0 Å². The monoisotopic (exact) mass is 337 g/mol. The molecule has 0 bridgehead atoms. The molecule has 2 heteroatoms. The normalized spacial score (nSPS) is 10.6. The number of hydrogen-bond acceptors (Lipinski definition) is 1. The van der Waals surface area contributed by atoms with Crippen molar-refractivity contribution in [1.82, 2.24) is 0 Å². The number of rotatable bonds is 4. The van der Waals surface area contributed by atoms with E-state index in [1.54, 1.807) is 0 Å². The molecule has 3 aromatic rings. The Kier molecular flexibility index (Phi) is 4.37. The highest BCUT2D eigenvalue weighted by molar-refractivity contribution is 9.10. The van der Waals surface area contributed by atoms with Crippen LogP contribution in [0.2, 0.25) is 0 Å². The van der Waals surface area contributed by atoms with Gasteiger partial charge in [0.25, 0.3) is 0 Å². The molecular formula is C19H16BrN. The topological polar surface area (TPSA) is 12.0 Å². The molecule has 104 valence electrons. The molecule has 3 rings (SSSR count). The molecule has 0 saturated carbocycles. The van der Waals surface area contributed by atoms with Gasteiger partial charge in [0, 0.05) is 10.2 Å². The average molecular weight is 338 g/mol. The maximum absolute atomic E-state index is 3.62. The molecular weight excluding hydrogens is 322 g/mol. The molecule has 0 fully saturated rings. The Labute approximate surface area is 133 Å². The van der Waals surface area contributed by atoms with E-state index in [1.807, 2.05) is 12.1 Å². The van der Waals surface area contributed by atoms with E-state index in [9.17, 15) is 0 Å². The fraction of sp³-hybridized carbons (Fsp3) is 0.0526. The molecule has 21 heavy (non-hydrogen) atoms. The van der Waals surface area contributed by atoms with Gasteiger partial charge in [-0.2, -0.15) is 0 Å². The van der Waals surface area contributed by atoms with Crippen LogP contribution in [-0.4, -0.2) is 0 Å². The van der Waals surface area contributed by atoms with Crippen molar-refractivity contribution in [1.29, 1.82) is 0 Å². The van der Waals surface area contributed by atoms with Crippen molar-refractivity contribution in [3.63, 3.8) is 0 Å². The molecule has 0 aromatic heterocycles. The van der Waals surface area contributed by atoms with E-state index in [0.29, 0.717) is 0 Å². The summed E-state index contributed by atoms with van der Waals surface area (Å²) < 4.78 is 1.09. The summed E-state index contributed by atoms with van der Waals surface area (Å²) in [5.41, 5.74) is 3.62. The Hall–Kier alpha value is -2.06. The van der Waals surface area contributed by atoms with Gasteiger partial charge in [0.15, 0.2) is 0 Å². The zero-order chi connectivity index (χ0) is 14.5. The predicted octanol–water partition coefficient (Wildman–Crippen LogP) is 5.65. The highest BCUT2D eigenvalue weighted by Gasteiger charge is 2.13. The summed E-state index contributed by atoms with van der Waals surface area (Å²) in [4.78, 5) is 0. The van der Waals surface area contributed by atoms with Crippen LogP contribution >= 0.6 is 15.9 Å². The van der Waals surface area contributed by atoms with Crippen molar-refractivity contribution in [3.8, 4) is 0 Å². The lowest BCUT2D eigenvalue weighted by Gasteiger charge is -2.21. The lowest BCUT2D eigenvalue weighted by molar-refractivity contribution is 0.939. The van der Waals surface area contributed by atoms with E-state index in [0.717, 1.165) is 10.2 Å². The van der Waals surface area contributed by atoms with Crippen molar-refractivity contribution in [3.05, 3.63) is 101 Å². The third-order valence-electron chi connectivity index (χ3n) is 3.42. The molecule has 3 aromatic carbocycles. The zero-order valence-electron chi connectivity index (χ0n) is 11.5. The number of benzene rings is 3. The van der Waals surface area contributed by atoms with Gasteiger partial charge in [-0.3, -0.25) is 0 Å². The third-order valence-corrected chi connectivity index (χ3v) is 3.95. The van der Waals surface area contributed by atoms with Gasteiger partial charge in [-0.15, -0.1) is 0 Å². The smallest absolute Gasteiger partial charge is 0.0767 e. The van der Waals surface area contributed by atoms with Crippen LogP contribution in [-0.2, 0) is 0 Å². The Morgan fingerprint density at radius 3 is 1.57 bits per heavy atom. The largest absolute Gasteiger partial charge is 0.374 e. The molecule has 0 unspecified atom stereocenters. The van der Waals surface area contributed by atoms with Crippen molar-refractivity contribution in [2.24, 2.45) is 0 Å². The first-order valence-corrected chi connectivity index (χ1v) is 7.74. The molecule has 0 aliphatic heterocycles. The Morgan fingerprint density at radius 2 is 1.10 bits per heavy atom. The number of hydrogen-bond donors (Lipinski definition) is 1. The standard InChI is InChI=1S/C19H16BrN/c20-17-11-13-18(14-12-17)21-19(15-7-3-1-4-8-15)16-9-5-2-6-10-16/h1-14,19,21H. The summed E-state index contributed by atoms with van der Waals surface area (Å²) in [6, 6.07) is 29.5. The van der Waals surface area contributed by atoms with Gasteiger partial charge in [-0.25, -0.2) is 0 Å². The van der Waals surface area contributed by atoms with Crippen LogP contribution in [0, 0.1) is 0 Å². The molecule has 0 saturated heterocycles. The quantitative estimate of drug-likeness (QED) is 0.648. The zero-order valence-corrected chi connectivity index (χ0v) is 13.1. The fourth-order valence-corrected chi connectivity index (χ4v) is 2.63. The minimum Gasteiger partial charge on any atom is -0.374 e. The van der Waals surface area contributed by atoms with Crippen molar-refractivity contribution in [2.75, 3.05) is 5.32 Å².